The number of ether oxygens (including phenoxy) is 1. The number of aryl methyl sites for hydroxylation is 2. The van der Waals surface area contributed by atoms with Crippen molar-refractivity contribution >= 4 is 17.4 Å². The molecule has 1 aliphatic rings. The number of carbonyl (C=O) groups is 1. The van der Waals surface area contributed by atoms with Gasteiger partial charge in [0.25, 0.3) is 0 Å². The predicted octanol–water partition coefficient (Wildman–Crippen LogP) is 0.482. The Balaban J connectivity index is 2.07. The first kappa shape index (κ1) is 12.5. The number of nitrogens with one attached hydrogen (secondary N) is 1. The third kappa shape index (κ3) is 2.68. The minimum atomic E-state index is -0.362. The summed E-state index contributed by atoms with van der Waals surface area (Å²) in [6, 6.07) is 0. The highest BCUT2D eigenvalue weighted by Crippen LogP contribution is 2.20. The Morgan fingerprint density at radius 3 is 3.00 bits per heavy atom. The van der Waals surface area contributed by atoms with E-state index >= 15 is 0 Å². The standard InChI is InChI=1S/C11H16ClN3O2/c1-7-8(11(12)15(2)14-7)5-9(16)10-6-13-3-4-17-10/h10,13H,3-6H2,1-2H3. The maximum atomic E-state index is 12.0. The zero-order valence-corrected chi connectivity index (χ0v) is 10.8. The highest BCUT2D eigenvalue weighted by Gasteiger charge is 2.24. The number of rotatable bonds is 3. The van der Waals surface area contributed by atoms with Gasteiger partial charge in [0.1, 0.15) is 11.3 Å². The van der Waals surface area contributed by atoms with Gasteiger partial charge in [-0.25, -0.2) is 0 Å². The summed E-state index contributed by atoms with van der Waals surface area (Å²) in [6.45, 7) is 3.82. The van der Waals surface area contributed by atoms with E-state index in [1.54, 1.807) is 11.7 Å². The molecule has 1 N–H and O–H groups in total. The Morgan fingerprint density at radius 2 is 2.47 bits per heavy atom. The number of aromatic nitrogens is 2. The fourth-order valence-corrected chi connectivity index (χ4v) is 2.18. The van der Waals surface area contributed by atoms with Gasteiger partial charge in [-0.2, -0.15) is 5.10 Å². The predicted molar refractivity (Wildman–Crippen MR) is 64.3 cm³/mol. The van der Waals surface area contributed by atoms with Gasteiger partial charge in [0.15, 0.2) is 5.78 Å². The van der Waals surface area contributed by atoms with E-state index in [2.05, 4.69) is 10.4 Å². The normalized spacial score (nSPS) is 20.5. The van der Waals surface area contributed by atoms with Gasteiger partial charge in [-0.1, -0.05) is 11.6 Å². The fraction of sp³-hybridized carbons (Fsp3) is 0.636. The molecule has 0 aliphatic carbocycles. The molecule has 0 spiro atoms. The van der Waals surface area contributed by atoms with Crippen molar-refractivity contribution in [2.45, 2.75) is 19.4 Å². The average molecular weight is 258 g/mol. The first-order valence-electron chi connectivity index (χ1n) is 5.62. The lowest BCUT2D eigenvalue weighted by molar-refractivity contribution is -0.131. The Morgan fingerprint density at radius 1 is 1.71 bits per heavy atom. The van der Waals surface area contributed by atoms with E-state index in [-0.39, 0.29) is 18.3 Å². The number of hydrogen-bond donors (Lipinski definition) is 1. The van der Waals surface area contributed by atoms with Gasteiger partial charge in [-0.05, 0) is 6.92 Å². The van der Waals surface area contributed by atoms with Crippen LogP contribution in [0.15, 0.2) is 0 Å². The lowest BCUT2D eigenvalue weighted by atomic mass is 10.1. The first-order chi connectivity index (χ1) is 8.09. The van der Waals surface area contributed by atoms with Crippen molar-refractivity contribution < 1.29 is 9.53 Å². The SMILES string of the molecule is Cc1nn(C)c(Cl)c1CC(=O)C1CNCCO1. The number of ketones is 1. The molecule has 2 heterocycles. The summed E-state index contributed by atoms with van der Waals surface area (Å²) in [5, 5.41) is 7.85. The molecule has 2 rings (SSSR count). The summed E-state index contributed by atoms with van der Waals surface area (Å²) in [5.74, 6) is 0.0511. The zero-order chi connectivity index (χ0) is 12.4. The van der Waals surface area contributed by atoms with Crippen LogP contribution >= 0.6 is 11.6 Å². The quantitative estimate of drug-likeness (QED) is 0.856. The van der Waals surface area contributed by atoms with Crippen molar-refractivity contribution in [1.82, 2.24) is 15.1 Å². The molecule has 0 aromatic carbocycles. The Kier molecular flexibility index (Phi) is 3.81. The van der Waals surface area contributed by atoms with Crippen LogP contribution in [0.4, 0.5) is 0 Å². The van der Waals surface area contributed by atoms with E-state index in [1.807, 2.05) is 6.92 Å². The van der Waals surface area contributed by atoms with E-state index in [0.29, 0.717) is 18.3 Å². The number of morpholine rings is 1. The largest absolute Gasteiger partial charge is 0.368 e. The highest BCUT2D eigenvalue weighted by atomic mass is 35.5. The van der Waals surface area contributed by atoms with Gasteiger partial charge in [0.05, 0.1) is 12.3 Å². The van der Waals surface area contributed by atoms with Gasteiger partial charge in [0.2, 0.25) is 0 Å². The maximum absolute atomic E-state index is 12.0. The van der Waals surface area contributed by atoms with Crippen LogP contribution in [0.3, 0.4) is 0 Å². The maximum Gasteiger partial charge on any atom is 0.167 e. The zero-order valence-electron chi connectivity index (χ0n) is 9.99. The molecular weight excluding hydrogens is 242 g/mol. The molecule has 1 saturated heterocycles. The topological polar surface area (TPSA) is 56.2 Å². The Hall–Kier alpha value is -0.910. The molecule has 0 amide bonds. The average Bonchev–Trinajstić information content (AvgIpc) is 2.57. The molecule has 1 fully saturated rings. The van der Waals surface area contributed by atoms with E-state index in [4.69, 9.17) is 16.3 Å². The monoisotopic (exact) mass is 257 g/mol. The lowest BCUT2D eigenvalue weighted by Gasteiger charge is -2.22. The van der Waals surface area contributed by atoms with Crippen LogP contribution in [0.5, 0.6) is 0 Å². The number of carbonyl (C=O) groups excluding carboxylic acids is 1. The first-order valence-corrected chi connectivity index (χ1v) is 6.00. The number of hydrogen-bond acceptors (Lipinski definition) is 4. The van der Waals surface area contributed by atoms with Crippen molar-refractivity contribution in [2.24, 2.45) is 7.05 Å². The summed E-state index contributed by atoms with van der Waals surface area (Å²) in [4.78, 5) is 12.0. The van der Waals surface area contributed by atoms with E-state index in [1.165, 1.54) is 0 Å². The number of Topliss-reactive ketones (excluding diaryl/α,β-unsaturated/α-hetero) is 1. The van der Waals surface area contributed by atoms with Crippen molar-refractivity contribution in [2.75, 3.05) is 19.7 Å². The van der Waals surface area contributed by atoms with Crippen molar-refractivity contribution in [1.29, 1.82) is 0 Å². The molecular formula is C11H16ClN3O2. The van der Waals surface area contributed by atoms with E-state index in [9.17, 15) is 4.79 Å². The van der Waals surface area contributed by atoms with Gasteiger partial charge >= 0.3 is 0 Å². The highest BCUT2D eigenvalue weighted by molar-refractivity contribution is 6.30. The Bertz CT molecular complexity index is 425. The molecule has 6 heteroatoms. The molecule has 1 aromatic heterocycles. The summed E-state index contributed by atoms with van der Waals surface area (Å²) in [6.07, 6.45) is -0.0791. The molecule has 1 aromatic rings. The molecule has 0 radical (unpaired) electrons. The molecule has 5 nitrogen and oxygen atoms in total. The van der Waals surface area contributed by atoms with Gasteiger partial charge in [0, 0.05) is 32.1 Å². The van der Waals surface area contributed by atoms with Crippen molar-refractivity contribution in [3.05, 3.63) is 16.4 Å². The summed E-state index contributed by atoms with van der Waals surface area (Å²) >= 11 is 6.09. The fourth-order valence-electron chi connectivity index (χ4n) is 1.93. The molecule has 17 heavy (non-hydrogen) atoms. The van der Waals surface area contributed by atoms with Crippen LogP contribution in [0.2, 0.25) is 5.15 Å². The smallest absolute Gasteiger partial charge is 0.167 e. The second kappa shape index (κ2) is 5.16. The third-order valence-corrected chi connectivity index (χ3v) is 3.38. The van der Waals surface area contributed by atoms with E-state index < -0.39 is 0 Å². The van der Waals surface area contributed by atoms with Gasteiger partial charge < -0.3 is 10.1 Å². The molecule has 1 atom stereocenters. The summed E-state index contributed by atoms with van der Waals surface area (Å²) in [7, 11) is 1.77. The molecule has 94 valence electrons. The Labute approximate surface area is 105 Å². The van der Waals surface area contributed by atoms with Crippen molar-refractivity contribution in [3.8, 4) is 0 Å². The molecule has 0 saturated carbocycles. The minimum absolute atomic E-state index is 0.0511. The van der Waals surface area contributed by atoms with Crippen LogP contribution in [-0.4, -0.2) is 41.4 Å². The van der Waals surface area contributed by atoms with Crippen LogP contribution in [0.1, 0.15) is 11.3 Å². The minimum Gasteiger partial charge on any atom is -0.368 e. The van der Waals surface area contributed by atoms with E-state index in [0.717, 1.165) is 17.8 Å². The molecule has 1 unspecified atom stereocenters. The summed E-state index contributed by atoms with van der Waals surface area (Å²) < 4.78 is 7.00. The second-order valence-corrected chi connectivity index (χ2v) is 4.54. The van der Waals surface area contributed by atoms with Gasteiger partial charge in [-0.3, -0.25) is 9.48 Å². The second-order valence-electron chi connectivity index (χ2n) is 4.19. The van der Waals surface area contributed by atoms with Crippen LogP contribution < -0.4 is 5.32 Å². The third-order valence-electron chi connectivity index (χ3n) is 2.91. The van der Waals surface area contributed by atoms with Crippen LogP contribution in [-0.2, 0) is 23.0 Å². The number of halogens is 1. The van der Waals surface area contributed by atoms with Crippen LogP contribution in [0, 0.1) is 6.92 Å². The van der Waals surface area contributed by atoms with Crippen molar-refractivity contribution in [3.63, 3.8) is 0 Å². The van der Waals surface area contributed by atoms with Crippen LogP contribution in [0.25, 0.3) is 0 Å². The lowest BCUT2D eigenvalue weighted by Crippen LogP contribution is -2.43. The number of nitrogens with zero attached hydrogens (tertiary/aromatic N) is 2. The summed E-state index contributed by atoms with van der Waals surface area (Å²) in [5.41, 5.74) is 1.60. The molecule has 1 aliphatic heterocycles. The van der Waals surface area contributed by atoms with Gasteiger partial charge in [-0.15, -0.1) is 0 Å². The molecule has 0 bridgehead atoms.